The number of methoxy groups -OCH3 is 1. The summed E-state index contributed by atoms with van der Waals surface area (Å²) in [5.41, 5.74) is -0.179. The van der Waals surface area contributed by atoms with Gasteiger partial charge in [0.25, 0.3) is 0 Å². The van der Waals surface area contributed by atoms with Crippen LogP contribution in [0, 0.1) is 0 Å². The Morgan fingerprint density at radius 1 is 1.44 bits per heavy atom. The van der Waals surface area contributed by atoms with Crippen LogP contribution in [-0.2, 0) is 14.8 Å². The van der Waals surface area contributed by atoms with Crippen LogP contribution in [0.5, 0.6) is 0 Å². The van der Waals surface area contributed by atoms with E-state index in [9.17, 15) is 8.42 Å². The molecule has 0 aromatic heterocycles. The molecule has 1 saturated heterocycles. The van der Waals surface area contributed by atoms with Gasteiger partial charge in [0.2, 0.25) is 10.0 Å². The summed E-state index contributed by atoms with van der Waals surface area (Å²) in [5, 5.41) is 3.36. The van der Waals surface area contributed by atoms with Crippen LogP contribution in [0.2, 0.25) is 0 Å². The molecule has 0 aromatic rings. The maximum atomic E-state index is 12.0. The SMILES string of the molecule is COCCN1CC(C)(C)NCCCS1(=O)=O. The van der Waals surface area contributed by atoms with Crippen molar-refractivity contribution in [2.75, 3.05) is 39.1 Å². The smallest absolute Gasteiger partial charge is 0.214 e. The van der Waals surface area contributed by atoms with Crippen LogP contribution in [0.3, 0.4) is 0 Å². The summed E-state index contributed by atoms with van der Waals surface area (Å²) < 4.78 is 30.5. The fourth-order valence-corrected chi connectivity index (χ4v) is 3.46. The summed E-state index contributed by atoms with van der Waals surface area (Å²) in [6.45, 7) is 6.17. The highest BCUT2D eigenvalue weighted by Crippen LogP contribution is 2.14. The molecule has 0 atom stereocenters. The van der Waals surface area contributed by atoms with Crippen molar-refractivity contribution in [2.45, 2.75) is 25.8 Å². The predicted molar refractivity (Wildman–Crippen MR) is 63.9 cm³/mol. The van der Waals surface area contributed by atoms with Gasteiger partial charge in [-0.05, 0) is 26.8 Å². The molecule has 1 aliphatic rings. The van der Waals surface area contributed by atoms with E-state index in [0.29, 0.717) is 26.1 Å². The number of hydrogen-bond donors (Lipinski definition) is 1. The second kappa shape index (κ2) is 5.44. The molecule has 1 N–H and O–H groups in total. The summed E-state index contributed by atoms with van der Waals surface area (Å²) in [5.74, 6) is 0.222. The molecule has 0 saturated carbocycles. The monoisotopic (exact) mass is 250 g/mol. The van der Waals surface area contributed by atoms with Gasteiger partial charge < -0.3 is 10.1 Å². The third-order valence-corrected chi connectivity index (χ3v) is 4.60. The molecule has 5 nitrogen and oxygen atoms in total. The Kier molecular flexibility index (Phi) is 4.73. The van der Waals surface area contributed by atoms with Crippen LogP contribution in [0.4, 0.5) is 0 Å². The summed E-state index contributed by atoms with van der Waals surface area (Å²) in [7, 11) is -1.53. The van der Waals surface area contributed by atoms with Crippen molar-refractivity contribution in [3.05, 3.63) is 0 Å². The van der Waals surface area contributed by atoms with E-state index in [-0.39, 0.29) is 11.3 Å². The number of sulfonamides is 1. The quantitative estimate of drug-likeness (QED) is 0.768. The highest BCUT2D eigenvalue weighted by molar-refractivity contribution is 7.89. The van der Waals surface area contributed by atoms with Crippen LogP contribution in [-0.4, -0.2) is 57.4 Å². The van der Waals surface area contributed by atoms with Gasteiger partial charge >= 0.3 is 0 Å². The molecule has 0 radical (unpaired) electrons. The summed E-state index contributed by atoms with van der Waals surface area (Å²) >= 11 is 0. The van der Waals surface area contributed by atoms with Crippen molar-refractivity contribution in [3.8, 4) is 0 Å². The van der Waals surface area contributed by atoms with E-state index in [1.54, 1.807) is 7.11 Å². The molecule has 0 aliphatic carbocycles. The molecule has 1 aliphatic heterocycles. The van der Waals surface area contributed by atoms with Crippen LogP contribution < -0.4 is 5.32 Å². The summed E-state index contributed by atoms with van der Waals surface area (Å²) in [6.07, 6.45) is 0.662. The minimum Gasteiger partial charge on any atom is -0.383 e. The van der Waals surface area contributed by atoms with Crippen LogP contribution in [0.15, 0.2) is 0 Å². The third-order valence-electron chi connectivity index (χ3n) is 2.69. The lowest BCUT2D eigenvalue weighted by Gasteiger charge is -2.35. The third kappa shape index (κ3) is 4.01. The first kappa shape index (κ1) is 13.9. The molecule has 16 heavy (non-hydrogen) atoms. The van der Waals surface area contributed by atoms with Gasteiger partial charge in [0, 0.05) is 25.7 Å². The first-order valence-electron chi connectivity index (χ1n) is 5.59. The minimum absolute atomic E-state index is 0.179. The second-order valence-electron chi connectivity index (χ2n) is 4.81. The van der Waals surface area contributed by atoms with Gasteiger partial charge in [-0.3, -0.25) is 0 Å². The molecule has 1 fully saturated rings. The van der Waals surface area contributed by atoms with Crippen molar-refractivity contribution >= 4 is 10.0 Å². The van der Waals surface area contributed by atoms with Crippen molar-refractivity contribution in [1.82, 2.24) is 9.62 Å². The van der Waals surface area contributed by atoms with Gasteiger partial charge in [-0.25, -0.2) is 8.42 Å². The van der Waals surface area contributed by atoms with Crippen LogP contribution >= 0.6 is 0 Å². The summed E-state index contributed by atoms with van der Waals surface area (Å²) in [6, 6.07) is 0. The average molecular weight is 250 g/mol. The maximum absolute atomic E-state index is 12.0. The van der Waals surface area contributed by atoms with Crippen LogP contribution in [0.1, 0.15) is 20.3 Å². The molecule has 1 rings (SSSR count). The molecule has 0 aromatic carbocycles. The summed E-state index contributed by atoms with van der Waals surface area (Å²) in [4.78, 5) is 0. The van der Waals surface area contributed by atoms with Crippen molar-refractivity contribution in [1.29, 1.82) is 0 Å². The highest BCUT2D eigenvalue weighted by atomic mass is 32.2. The van der Waals surface area contributed by atoms with Gasteiger partial charge in [0.1, 0.15) is 0 Å². The maximum Gasteiger partial charge on any atom is 0.214 e. The van der Waals surface area contributed by atoms with E-state index in [0.717, 1.165) is 6.54 Å². The molecule has 0 bridgehead atoms. The van der Waals surface area contributed by atoms with Crippen molar-refractivity contribution < 1.29 is 13.2 Å². The number of nitrogens with zero attached hydrogens (tertiary/aromatic N) is 1. The van der Waals surface area contributed by atoms with Gasteiger partial charge in [-0.1, -0.05) is 0 Å². The number of ether oxygens (including phenoxy) is 1. The zero-order valence-corrected chi connectivity index (χ0v) is 11.1. The molecular formula is C10H22N2O3S. The zero-order chi connectivity index (χ0) is 12.2. The lowest BCUT2D eigenvalue weighted by molar-refractivity contribution is 0.167. The van der Waals surface area contributed by atoms with Gasteiger partial charge in [0.15, 0.2) is 0 Å². The number of rotatable bonds is 3. The largest absolute Gasteiger partial charge is 0.383 e. The first-order chi connectivity index (χ1) is 7.37. The number of hydrogen-bond acceptors (Lipinski definition) is 4. The van der Waals surface area contributed by atoms with Crippen molar-refractivity contribution in [3.63, 3.8) is 0 Å². The van der Waals surface area contributed by atoms with E-state index in [1.807, 2.05) is 13.8 Å². The Morgan fingerprint density at radius 2 is 2.12 bits per heavy atom. The number of nitrogens with one attached hydrogen (secondary N) is 1. The van der Waals surface area contributed by atoms with E-state index in [4.69, 9.17) is 4.74 Å². The Hall–Kier alpha value is -0.170. The molecule has 6 heteroatoms. The van der Waals surface area contributed by atoms with Gasteiger partial charge in [0.05, 0.1) is 12.4 Å². The molecule has 0 unspecified atom stereocenters. The van der Waals surface area contributed by atoms with E-state index >= 15 is 0 Å². The normalized spacial score (nSPS) is 25.9. The zero-order valence-electron chi connectivity index (χ0n) is 10.3. The molecule has 0 amide bonds. The molecular weight excluding hydrogens is 228 g/mol. The van der Waals surface area contributed by atoms with E-state index in [2.05, 4.69) is 5.32 Å². The van der Waals surface area contributed by atoms with Crippen molar-refractivity contribution in [2.24, 2.45) is 0 Å². The lowest BCUT2D eigenvalue weighted by Crippen LogP contribution is -2.54. The lowest BCUT2D eigenvalue weighted by atomic mass is 10.1. The fourth-order valence-electron chi connectivity index (χ4n) is 1.82. The second-order valence-corrected chi connectivity index (χ2v) is 6.90. The topological polar surface area (TPSA) is 58.6 Å². The predicted octanol–water partition coefficient (Wildman–Crippen LogP) is 0.0365. The average Bonchev–Trinajstić information content (AvgIpc) is 2.18. The Balaban J connectivity index is 2.77. The molecule has 1 heterocycles. The van der Waals surface area contributed by atoms with Crippen LogP contribution in [0.25, 0.3) is 0 Å². The fraction of sp³-hybridized carbons (Fsp3) is 1.00. The standard InChI is InChI=1S/C10H22N2O3S/c1-10(2)9-12(6-7-15-3)16(13,14)8-4-5-11-10/h11H,4-9H2,1-3H3. The highest BCUT2D eigenvalue weighted by Gasteiger charge is 2.30. The Bertz CT molecular complexity index is 314. The molecule has 96 valence electrons. The van der Waals surface area contributed by atoms with E-state index < -0.39 is 10.0 Å². The Labute approximate surface area is 98.2 Å². The first-order valence-corrected chi connectivity index (χ1v) is 7.20. The Morgan fingerprint density at radius 3 is 2.75 bits per heavy atom. The minimum atomic E-state index is -3.11. The van der Waals surface area contributed by atoms with E-state index in [1.165, 1.54) is 4.31 Å². The van der Waals surface area contributed by atoms with Gasteiger partial charge in [-0.15, -0.1) is 0 Å². The van der Waals surface area contributed by atoms with Gasteiger partial charge in [-0.2, -0.15) is 4.31 Å². The molecule has 0 spiro atoms.